The smallest absolute Gasteiger partial charge is 0.270 e. The molecule has 0 spiro atoms. The highest BCUT2D eigenvalue weighted by molar-refractivity contribution is 5.99. The van der Waals surface area contributed by atoms with E-state index in [4.69, 9.17) is 10.5 Å². The van der Waals surface area contributed by atoms with Crippen LogP contribution in [0.3, 0.4) is 0 Å². The SMILES string of the molecule is CCc1ccnc(N2CCN(C(=O)c3cc4ccc(OC)c(C)c4[nH]3)CC2)c1N. The predicted molar refractivity (Wildman–Crippen MR) is 116 cm³/mol. The number of fused-ring (bicyclic) bond motifs is 1. The first-order chi connectivity index (χ1) is 14.0. The minimum absolute atomic E-state index is 0.0162. The topological polar surface area (TPSA) is 87.5 Å². The van der Waals surface area contributed by atoms with Crippen LogP contribution in [-0.4, -0.2) is 54.1 Å². The van der Waals surface area contributed by atoms with Crippen LogP contribution in [0.15, 0.2) is 30.5 Å². The molecule has 1 fully saturated rings. The minimum atomic E-state index is 0.0162. The molecule has 0 aliphatic carbocycles. The van der Waals surface area contributed by atoms with Crippen molar-refractivity contribution < 1.29 is 9.53 Å². The Kier molecular flexibility index (Phi) is 5.05. The van der Waals surface area contributed by atoms with Crippen LogP contribution < -0.4 is 15.4 Å². The number of nitrogens with two attached hydrogens (primary N) is 1. The molecule has 1 amide bonds. The van der Waals surface area contributed by atoms with Crippen molar-refractivity contribution in [3.05, 3.63) is 47.3 Å². The van der Waals surface area contributed by atoms with E-state index < -0.39 is 0 Å². The van der Waals surface area contributed by atoms with Gasteiger partial charge in [-0.15, -0.1) is 0 Å². The maximum atomic E-state index is 13.1. The number of pyridine rings is 1. The van der Waals surface area contributed by atoms with Gasteiger partial charge in [0, 0.05) is 43.3 Å². The molecule has 3 heterocycles. The van der Waals surface area contributed by atoms with Crippen LogP contribution >= 0.6 is 0 Å². The molecule has 0 saturated carbocycles. The molecule has 7 nitrogen and oxygen atoms in total. The van der Waals surface area contributed by atoms with Crippen molar-refractivity contribution in [2.45, 2.75) is 20.3 Å². The number of nitrogen functional groups attached to an aromatic ring is 1. The first kappa shape index (κ1) is 19.1. The summed E-state index contributed by atoms with van der Waals surface area (Å²) in [7, 11) is 1.65. The van der Waals surface area contributed by atoms with E-state index in [-0.39, 0.29) is 5.91 Å². The third-order valence-electron chi connectivity index (χ3n) is 5.76. The summed E-state index contributed by atoms with van der Waals surface area (Å²) in [6, 6.07) is 7.79. The summed E-state index contributed by atoms with van der Waals surface area (Å²) >= 11 is 0. The van der Waals surface area contributed by atoms with E-state index >= 15 is 0 Å². The van der Waals surface area contributed by atoms with Gasteiger partial charge in [0.05, 0.1) is 18.3 Å². The molecule has 0 unspecified atom stereocenters. The number of amides is 1. The number of ether oxygens (including phenoxy) is 1. The van der Waals surface area contributed by atoms with Crippen molar-refractivity contribution in [1.29, 1.82) is 0 Å². The number of H-pyrrole nitrogens is 1. The number of hydrogen-bond donors (Lipinski definition) is 2. The summed E-state index contributed by atoms with van der Waals surface area (Å²) in [5.41, 5.74) is 10.7. The second kappa shape index (κ2) is 7.66. The maximum absolute atomic E-state index is 13.1. The Morgan fingerprint density at radius 2 is 2.00 bits per heavy atom. The van der Waals surface area contributed by atoms with Gasteiger partial charge in [0.25, 0.3) is 5.91 Å². The summed E-state index contributed by atoms with van der Waals surface area (Å²) in [5, 5.41) is 1.01. The van der Waals surface area contributed by atoms with Crippen molar-refractivity contribution in [1.82, 2.24) is 14.9 Å². The van der Waals surface area contributed by atoms with Crippen LogP contribution in [0.1, 0.15) is 28.5 Å². The van der Waals surface area contributed by atoms with Crippen LogP contribution in [0.2, 0.25) is 0 Å². The lowest BCUT2D eigenvalue weighted by Crippen LogP contribution is -2.49. The lowest BCUT2D eigenvalue weighted by atomic mass is 10.1. The summed E-state index contributed by atoms with van der Waals surface area (Å²) in [6.45, 7) is 6.77. The van der Waals surface area contributed by atoms with Crippen LogP contribution in [0, 0.1) is 6.92 Å². The highest BCUT2D eigenvalue weighted by Gasteiger charge is 2.25. The number of hydrogen-bond acceptors (Lipinski definition) is 5. The molecule has 29 heavy (non-hydrogen) atoms. The molecule has 2 aromatic heterocycles. The van der Waals surface area contributed by atoms with E-state index in [2.05, 4.69) is 21.8 Å². The quantitative estimate of drug-likeness (QED) is 0.712. The Labute approximate surface area is 170 Å². The van der Waals surface area contributed by atoms with E-state index in [9.17, 15) is 4.79 Å². The molecular formula is C22H27N5O2. The Bertz CT molecular complexity index is 1050. The first-order valence-corrected chi connectivity index (χ1v) is 9.97. The van der Waals surface area contributed by atoms with E-state index in [1.54, 1.807) is 7.11 Å². The van der Waals surface area contributed by atoms with Gasteiger partial charge in [-0.2, -0.15) is 0 Å². The number of carbonyl (C=O) groups is 1. The van der Waals surface area contributed by atoms with Gasteiger partial charge in [0.2, 0.25) is 0 Å². The fourth-order valence-corrected chi connectivity index (χ4v) is 4.02. The number of anilines is 2. The third kappa shape index (κ3) is 3.37. The average Bonchev–Trinajstić information content (AvgIpc) is 3.19. The van der Waals surface area contributed by atoms with Crippen LogP contribution in [-0.2, 0) is 6.42 Å². The van der Waals surface area contributed by atoms with Crippen molar-refractivity contribution in [3.8, 4) is 5.75 Å². The van der Waals surface area contributed by atoms with Gasteiger partial charge in [0.1, 0.15) is 11.4 Å². The number of carbonyl (C=O) groups excluding carboxylic acids is 1. The second-order valence-corrected chi connectivity index (χ2v) is 7.38. The summed E-state index contributed by atoms with van der Waals surface area (Å²) in [4.78, 5) is 24.9. The van der Waals surface area contributed by atoms with Gasteiger partial charge in [0.15, 0.2) is 5.82 Å². The molecule has 7 heteroatoms. The largest absolute Gasteiger partial charge is 0.496 e. The van der Waals surface area contributed by atoms with E-state index in [1.807, 2.05) is 42.3 Å². The highest BCUT2D eigenvalue weighted by atomic mass is 16.5. The minimum Gasteiger partial charge on any atom is -0.496 e. The molecule has 1 aliphatic rings. The number of piperazine rings is 1. The zero-order valence-electron chi connectivity index (χ0n) is 17.2. The lowest BCUT2D eigenvalue weighted by molar-refractivity contribution is 0.0741. The molecule has 152 valence electrons. The van der Waals surface area contributed by atoms with Crippen LogP contribution in [0.25, 0.3) is 10.9 Å². The first-order valence-electron chi connectivity index (χ1n) is 9.97. The fraction of sp³-hybridized carbons (Fsp3) is 0.364. The number of rotatable bonds is 4. The maximum Gasteiger partial charge on any atom is 0.270 e. The zero-order chi connectivity index (χ0) is 20.5. The number of aromatic amines is 1. The summed E-state index contributed by atoms with van der Waals surface area (Å²) in [5.74, 6) is 1.65. The van der Waals surface area contributed by atoms with Crippen molar-refractivity contribution >= 4 is 28.3 Å². The zero-order valence-corrected chi connectivity index (χ0v) is 17.2. The molecule has 4 rings (SSSR count). The Morgan fingerprint density at radius 3 is 2.69 bits per heavy atom. The Morgan fingerprint density at radius 1 is 1.24 bits per heavy atom. The van der Waals surface area contributed by atoms with Crippen molar-refractivity contribution in [2.75, 3.05) is 43.9 Å². The fourth-order valence-electron chi connectivity index (χ4n) is 4.02. The second-order valence-electron chi connectivity index (χ2n) is 7.38. The van der Waals surface area contributed by atoms with Crippen molar-refractivity contribution in [3.63, 3.8) is 0 Å². The number of nitrogens with one attached hydrogen (secondary N) is 1. The molecule has 1 aliphatic heterocycles. The molecule has 1 saturated heterocycles. The average molecular weight is 393 g/mol. The van der Waals surface area contributed by atoms with Gasteiger partial charge in [-0.05, 0) is 43.2 Å². The van der Waals surface area contributed by atoms with Crippen molar-refractivity contribution in [2.24, 2.45) is 0 Å². The number of aromatic nitrogens is 2. The molecular weight excluding hydrogens is 366 g/mol. The highest BCUT2D eigenvalue weighted by Crippen LogP contribution is 2.28. The number of benzene rings is 1. The standard InChI is InChI=1S/C22H27N5O2/c1-4-15-7-8-24-21(19(15)23)26-9-11-27(12-10-26)22(28)17-13-16-5-6-18(29-3)14(2)20(16)25-17/h5-8,13,25H,4,9-12,23H2,1-3H3. The van der Waals surface area contributed by atoms with Crippen LogP contribution in [0.5, 0.6) is 5.75 Å². The summed E-state index contributed by atoms with van der Waals surface area (Å²) < 4.78 is 5.38. The van der Waals surface area contributed by atoms with Crippen LogP contribution in [0.4, 0.5) is 11.5 Å². The molecule has 0 atom stereocenters. The van der Waals surface area contributed by atoms with Gasteiger partial charge < -0.3 is 25.3 Å². The lowest BCUT2D eigenvalue weighted by Gasteiger charge is -2.35. The molecule has 0 bridgehead atoms. The Balaban J connectivity index is 1.50. The number of aryl methyl sites for hydroxylation is 2. The summed E-state index contributed by atoms with van der Waals surface area (Å²) in [6.07, 6.45) is 2.69. The van der Waals surface area contributed by atoms with Gasteiger partial charge in [-0.25, -0.2) is 4.98 Å². The van der Waals surface area contributed by atoms with E-state index in [0.29, 0.717) is 31.9 Å². The number of methoxy groups -OCH3 is 1. The normalized spacial score (nSPS) is 14.4. The number of nitrogens with zero attached hydrogens (tertiary/aromatic N) is 3. The van der Waals surface area contributed by atoms with Gasteiger partial charge in [-0.3, -0.25) is 4.79 Å². The molecule has 3 aromatic rings. The predicted octanol–water partition coefficient (Wildman–Crippen LogP) is 2.99. The van der Waals surface area contributed by atoms with E-state index in [0.717, 1.165) is 45.7 Å². The Hall–Kier alpha value is -3.22. The molecule has 1 aromatic carbocycles. The monoisotopic (exact) mass is 393 g/mol. The van der Waals surface area contributed by atoms with Gasteiger partial charge in [-0.1, -0.05) is 6.92 Å². The van der Waals surface area contributed by atoms with Gasteiger partial charge >= 0.3 is 0 Å². The van der Waals surface area contributed by atoms with E-state index in [1.165, 1.54) is 0 Å². The third-order valence-corrected chi connectivity index (χ3v) is 5.76. The molecule has 3 N–H and O–H groups in total. The molecule has 0 radical (unpaired) electrons.